The van der Waals surface area contributed by atoms with Crippen LogP contribution in [0.3, 0.4) is 0 Å². The van der Waals surface area contributed by atoms with Gasteiger partial charge in [-0.3, -0.25) is 4.79 Å². The Morgan fingerprint density at radius 2 is 2.08 bits per heavy atom. The largest absolute Gasteiger partial charge is 0.348 e. The van der Waals surface area contributed by atoms with Crippen molar-refractivity contribution in [1.82, 2.24) is 20.1 Å². The zero-order chi connectivity index (χ0) is 17.3. The van der Waals surface area contributed by atoms with E-state index in [1.54, 1.807) is 35.1 Å². The third kappa shape index (κ3) is 2.99. The molecule has 124 valence electrons. The number of halogens is 1. The summed E-state index contributed by atoms with van der Waals surface area (Å²) < 4.78 is 15.5. The minimum Gasteiger partial charge on any atom is -0.348 e. The van der Waals surface area contributed by atoms with Crippen LogP contribution in [0.1, 0.15) is 41.5 Å². The molecule has 0 fully saturated rings. The molecule has 1 amide bonds. The maximum atomic E-state index is 13.7. The summed E-state index contributed by atoms with van der Waals surface area (Å²) in [5.41, 5.74) is 2.37. The molecule has 0 aliphatic carbocycles. The Balaban J connectivity index is 1.91. The maximum absolute atomic E-state index is 13.7. The van der Waals surface area contributed by atoms with Gasteiger partial charge < -0.3 is 5.32 Å². The summed E-state index contributed by atoms with van der Waals surface area (Å²) in [6.07, 6.45) is 1.65. The standard InChI is InChI=1S/C18H19FN4O/c1-11(2)23-17-15(10-21-23)14(8-12(3)22-17)18(24)20-9-13-6-4-5-7-16(13)19/h4-8,10-11H,9H2,1-3H3,(H,20,24). The van der Waals surface area contributed by atoms with Crippen LogP contribution in [0.15, 0.2) is 36.5 Å². The zero-order valence-electron chi connectivity index (χ0n) is 13.9. The molecule has 24 heavy (non-hydrogen) atoms. The third-order valence-corrected chi connectivity index (χ3v) is 3.83. The molecular formula is C18H19FN4O. The number of nitrogens with zero attached hydrogens (tertiary/aromatic N) is 3. The lowest BCUT2D eigenvalue weighted by molar-refractivity contribution is 0.0952. The fourth-order valence-corrected chi connectivity index (χ4v) is 2.62. The average Bonchev–Trinajstić information content (AvgIpc) is 2.96. The van der Waals surface area contributed by atoms with Crippen molar-refractivity contribution >= 4 is 16.9 Å². The van der Waals surface area contributed by atoms with E-state index in [9.17, 15) is 9.18 Å². The van der Waals surface area contributed by atoms with Crippen LogP contribution in [0.2, 0.25) is 0 Å². The van der Waals surface area contributed by atoms with Gasteiger partial charge in [-0.25, -0.2) is 14.1 Å². The Kier molecular flexibility index (Phi) is 4.29. The topological polar surface area (TPSA) is 59.8 Å². The first kappa shape index (κ1) is 16.1. The molecule has 0 unspecified atom stereocenters. The Morgan fingerprint density at radius 1 is 1.33 bits per heavy atom. The quantitative estimate of drug-likeness (QED) is 0.799. The van der Waals surface area contributed by atoms with Crippen LogP contribution in [0.4, 0.5) is 4.39 Å². The SMILES string of the molecule is Cc1cc(C(=O)NCc2ccccc2F)c2cnn(C(C)C)c2n1. The number of hydrogen-bond donors (Lipinski definition) is 1. The highest BCUT2D eigenvalue weighted by molar-refractivity contribution is 6.05. The molecule has 0 radical (unpaired) electrons. The van der Waals surface area contributed by atoms with Gasteiger partial charge in [0.15, 0.2) is 5.65 Å². The molecule has 0 saturated carbocycles. The lowest BCUT2D eigenvalue weighted by Gasteiger charge is -2.10. The zero-order valence-corrected chi connectivity index (χ0v) is 13.9. The number of benzene rings is 1. The van der Waals surface area contributed by atoms with Crippen molar-refractivity contribution in [2.75, 3.05) is 0 Å². The second-order valence-corrected chi connectivity index (χ2v) is 6.01. The highest BCUT2D eigenvalue weighted by Crippen LogP contribution is 2.21. The van der Waals surface area contributed by atoms with Crippen molar-refractivity contribution in [3.63, 3.8) is 0 Å². The maximum Gasteiger partial charge on any atom is 0.252 e. The van der Waals surface area contributed by atoms with Crippen LogP contribution < -0.4 is 5.32 Å². The summed E-state index contributed by atoms with van der Waals surface area (Å²) in [6, 6.07) is 8.27. The summed E-state index contributed by atoms with van der Waals surface area (Å²) >= 11 is 0. The van der Waals surface area contributed by atoms with Crippen LogP contribution in [-0.4, -0.2) is 20.7 Å². The van der Waals surface area contributed by atoms with Crippen molar-refractivity contribution in [3.8, 4) is 0 Å². The van der Waals surface area contributed by atoms with Crippen LogP contribution >= 0.6 is 0 Å². The molecule has 0 atom stereocenters. The Hall–Kier alpha value is -2.76. The molecule has 2 aromatic heterocycles. The number of carbonyl (C=O) groups excluding carboxylic acids is 1. The number of pyridine rings is 1. The van der Waals surface area contributed by atoms with Crippen molar-refractivity contribution in [3.05, 3.63) is 59.2 Å². The molecule has 2 heterocycles. The molecular weight excluding hydrogens is 307 g/mol. The second kappa shape index (κ2) is 6.39. The molecule has 0 aliphatic heterocycles. The van der Waals surface area contributed by atoms with E-state index < -0.39 is 0 Å². The van der Waals surface area contributed by atoms with Gasteiger partial charge in [-0.15, -0.1) is 0 Å². The van der Waals surface area contributed by atoms with E-state index in [4.69, 9.17) is 0 Å². The Labute approximate surface area is 139 Å². The first-order chi connectivity index (χ1) is 11.5. The number of nitrogens with one attached hydrogen (secondary N) is 1. The summed E-state index contributed by atoms with van der Waals surface area (Å²) in [6.45, 7) is 5.99. The Bertz CT molecular complexity index is 901. The van der Waals surface area contributed by atoms with Gasteiger partial charge in [0, 0.05) is 23.8 Å². The molecule has 0 aliphatic rings. The molecule has 5 nitrogen and oxygen atoms in total. The number of aromatic nitrogens is 3. The summed E-state index contributed by atoms with van der Waals surface area (Å²) in [4.78, 5) is 17.1. The minimum absolute atomic E-state index is 0.132. The predicted molar refractivity (Wildman–Crippen MR) is 90.2 cm³/mol. The van der Waals surface area contributed by atoms with E-state index in [1.165, 1.54) is 6.07 Å². The Morgan fingerprint density at radius 3 is 2.79 bits per heavy atom. The highest BCUT2D eigenvalue weighted by atomic mass is 19.1. The predicted octanol–water partition coefficient (Wildman–Crippen LogP) is 3.39. The normalized spacial score (nSPS) is 11.2. The van der Waals surface area contributed by atoms with Gasteiger partial charge >= 0.3 is 0 Å². The minimum atomic E-state index is -0.332. The summed E-state index contributed by atoms with van der Waals surface area (Å²) in [7, 11) is 0. The lowest BCUT2D eigenvalue weighted by atomic mass is 10.1. The van der Waals surface area contributed by atoms with Crippen LogP contribution in [0.25, 0.3) is 11.0 Å². The monoisotopic (exact) mass is 326 g/mol. The van der Waals surface area contributed by atoms with Gasteiger partial charge in [0.1, 0.15) is 5.82 Å². The van der Waals surface area contributed by atoms with Gasteiger partial charge in [-0.2, -0.15) is 5.10 Å². The van der Waals surface area contributed by atoms with Crippen molar-refractivity contribution < 1.29 is 9.18 Å². The van der Waals surface area contributed by atoms with Gasteiger partial charge in [0.2, 0.25) is 0 Å². The fraction of sp³-hybridized carbons (Fsp3) is 0.278. The van der Waals surface area contributed by atoms with E-state index >= 15 is 0 Å². The van der Waals surface area contributed by atoms with E-state index in [1.807, 2.05) is 20.8 Å². The smallest absolute Gasteiger partial charge is 0.252 e. The highest BCUT2D eigenvalue weighted by Gasteiger charge is 2.17. The van der Waals surface area contributed by atoms with Gasteiger partial charge in [0.25, 0.3) is 5.91 Å². The van der Waals surface area contributed by atoms with E-state index in [0.29, 0.717) is 22.2 Å². The lowest BCUT2D eigenvalue weighted by Crippen LogP contribution is -2.23. The van der Waals surface area contributed by atoms with E-state index in [2.05, 4.69) is 15.4 Å². The number of aryl methyl sites for hydroxylation is 1. The van der Waals surface area contributed by atoms with E-state index in [0.717, 1.165) is 5.69 Å². The fourth-order valence-electron chi connectivity index (χ4n) is 2.62. The molecule has 6 heteroatoms. The molecule has 3 rings (SSSR count). The van der Waals surface area contributed by atoms with Crippen LogP contribution in [0, 0.1) is 12.7 Å². The molecule has 0 saturated heterocycles. The average molecular weight is 326 g/mol. The van der Waals surface area contributed by atoms with Crippen molar-refractivity contribution in [1.29, 1.82) is 0 Å². The third-order valence-electron chi connectivity index (χ3n) is 3.83. The van der Waals surface area contributed by atoms with E-state index in [-0.39, 0.29) is 24.3 Å². The number of hydrogen-bond acceptors (Lipinski definition) is 3. The number of fused-ring (bicyclic) bond motifs is 1. The van der Waals surface area contributed by atoms with Gasteiger partial charge in [-0.1, -0.05) is 18.2 Å². The van der Waals surface area contributed by atoms with Crippen molar-refractivity contribution in [2.45, 2.75) is 33.4 Å². The number of rotatable bonds is 4. The molecule has 1 N–H and O–H groups in total. The van der Waals surface area contributed by atoms with Crippen LogP contribution in [-0.2, 0) is 6.54 Å². The van der Waals surface area contributed by atoms with Gasteiger partial charge in [-0.05, 0) is 32.9 Å². The first-order valence-electron chi connectivity index (χ1n) is 7.84. The number of amides is 1. The molecule has 3 aromatic rings. The molecule has 0 spiro atoms. The van der Waals surface area contributed by atoms with Crippen molar-refractivity contribution in [2.24, 2.45) is 0 Å². The van der Waals surface area contributed by atoms with Crippen LogP contribution in [0.5, 0.6) is 0 Å². The molecule has 0 bridgehead atoms. The molecule has 1 aromatic carbocycles. The summed E-state index contributed by atoms with van der Waals surface area (Å²) in [5, 5.41) is 7.79. The first-order valence-corrected chi connectivity index (χ1v) is 7.84. The second-order valence-electron chi connectivity index (χ2n) is 6.01. The van der Waals surface area contributed by atoms with Gasteiger partial charge in [0.05, 0.1) is 17.1 Å². The summed E-state index contributed by atoms with van der Waals surface area (Å²) in [5.74, 6) is -0.599. The number of carbonyl (C=O) groups is 1.